The molecular weight excluding hydrogens is 367 g/mol. The summed E-state index contributed by atoms with van der Waals surface area (Å²) in [5.41, 5.74) is 1.67. The molecule has 1 fully saturated rings. The lowest BCUT2D eigenvalue weighted by Crippen LogP contribution is -2.35. The molecule has 7 heteroatoms. The first-order valence-corrected chi connectivity index (χ1v) is 9.36. The second-order valence-corrected chi connectivity index (χ2v) is 7.28. The number of fused-ring (bicyclic) bond motifs is 1. The Labute approximate surface area is 161 Å². The average Bonchev–Trinajstić information content (AvgIpc) is 3.11. The van der Waals surface area contributed by atoms with Crippen LogP contribution in [0.5, 0.6) is 0 Å². The number of benzene rings is 2. The number of rotatable bonds is 4. The fourth-order valence-corrected chi connectivity index (χ4v) is 3.56. The molecule has 1 atom stereocenters. The van der Waals surface area contributed by atoms with Crippen molar-refractivity contribution in [1.82, 2.24) is 14.9 Å². The van der Waals surface area contributed by atoms with E-state index in [1.165, 1.54) is 12.1 Å². The molecule has 0 radical (unpaired) electrons. The Kier molecular flexibility index (Phi) is 5.12. The van der Waals surface area contributed by atoms with Crippen LogP contribution in [0.25, 0.3) is 11.0 Å². The molecule has 2 aromatic carbocycles. The summed E-state index contributed by atoms with van der Waals surface area (Å²) in [5.74, 6) is 0.611. The number of likely N-dealkylation sites (tertiary alicyclic amines) is 1. The summed E-state index contributed by atoms with van der Waals surface area (Å²) in [5, 5.41) is 0. The summed E-state index contributed by atoms with van der Waals surface area (Å²) < 4.78 is 45.2. The van der Waals surface area contributed by atoms with Gasteiger partial charge >= 0.3 is 6.18 Å². The smallest absolute Gasteiger partial charge is 0.362 e. The van der Waals surface area contributed by atoms with E-state index < -0.39 is 17.8 Å². The molecule has 1 unspecified atom stereocenters. The highest BCUT2D eigenvalue weighted by molar-refractivity contribution is 5.74. The van der Waals surface area contributed by atoms with Crippen LogP contribution >= 0.6 is 0 Å². The third kappa shape index (κ3) is 4.05. The van der Waals surface area contributed by atoms with Crippen molar-refractivity contribution in [1.29, 1.82) is 0 Å². The lowest BCUT2D eigenvalue weighted by atomic mass is 10.0. The molecule has 148 valence electrons. The van der Waals surface area contributed by atoms with Crippen molar-refractivity contribution in [3.05, 3.63) is 65.5 Å². The molecule has 0 bridgehead atoms. The van der Waals surface area contributed by atoms with Crippen LogP contribution < -0.4 is 0 Å². The van der Waals surface area contributed by atoms with E-state index in [2.05, 4.69) is 21.9 Å². The molecule has 1 aromatic heterocycles. The van der Waals surface area contributed by atoms with E-state index in [9.17, 15) is 13.2 Å². The van der Waals surface area contributed by atoms with E-state index in [4.69, 9.17) is 4.74 Å². The zero-order valence-corrected chi connectivity index (χ0v) is 15.5. The number of ether oxygens (including phenoxy) is 1. The first-order valence-electron chi connectivity index (χ1n) is 9.36. The molecule has 0 spiro atoms. The van der Waals surface area contributed by atoms with Gasteiger partial charge in [-0.3, -0.25) is 0 Å². The van der Waals surface area contributed by atoms with Crippen molar-refractivity contribution in [3.8, 4) is 0 Å². The maximum absolute atomic E-state index is 12.9. The molecule has 0 saturated carbocycles. The summed E-state index contributed by atoms with van der Waals surface area (Å²) in [7, 11) is 2.07. The summed E-state index contributed by atoms with van der Waals surface area (Å²) in [4.78, 5) is 10.1. The largest absolute Gasteiger partial charge is 0.416 e. The van der Waals surface area contributed by atoms with E-state index in [1.54, 1.807) is 0 Å². The predicted molar refractivity (Wildman–Crippen MR) is 101 cm³/mol. The molecule has 2 heterocycles. The van der Waals surface area contributed by atoms with Crippen LogP contribution in [0.2, 0.25) is 0 Å². The van der Waals surface area contributed by atoms with Crippen molar-refractivity contribution in [3.63, 3.8) is 0 Å². The van der Waals surface area contributed by atoms with Crippen LogP contribution in [0.4, 0.5) is 13.2 Å². The van der Waals surface area contributed by atoms with Crippen LogP contribution in [-0.4, -0.2) is 41.1 Å². The number of hydrogen-bond donors (Lipinski definition) is 1. The second kappa shape index (κ2) is 7.56. The summed E-state index contributed by atoms with van der Waals surface area (Å²) in [6, 6.07) is 12.8. The van der Waals surface area contributed by atoms with Gasteiger partial charge in [0.15, 0.2) is 0 Å². The minimum absolute atomic E-state index is 0.0386. The van der Waals surface area contributed by atoms with Crippen molar-refractivity contribution in [2.45, 2.75) is 31.2 Å². The molecule has 1 aliphatic rings. The summed E-state index contributed by atoms with van der Waals surface area (Å²) >= 11 is 0. The fourth-order valence-electron chi connectivity index (χ4n) is 3.56. The third-order valence-corrected chi connectivity index (χ3v) is 5.19. The van der Waals surface area contributed by atoms with Gasteiger partial charge in [0.05, 0.1) is 22.7 Å². The second-order valence-electron chi connectivity index (χ2n) is 7.28. The van der Waals surface area contributed by atoms with E-state index in [-0.39, 0.29) is 6.10 Å². The lowest BCUT2D eigenvalue weighted by molar-refractivity contribution is -0.137. The fraction of sp³-hybridized carbons (Fsp3) is 0.381. The molecule has 4 nitrogen and oxygen atoms in total. The maximum Gasteiger partial charge on any atom is 0.416 e. The van der Waals surface area contributed by atoms with Gasteiger partial charge in [0.1, 0.15) is 11.9 Å². The lowest BCUT2D eigenvalue weighted by Gasteiger charge is -2.31. The Morgan fingerprint density at radius 2 is 1.75 bits per heavy atom. The SMILES string of the molecule is CN1CCC(OC(c2ccc(C(F)(F)F)cc2)c2nc3ccccc3[nH]2)CC1. The zero-order chi connectivity index (χ0) is 19.7. The first-order chi connectivity index (χ1) is 13.4. The molecule has 1 saturated heterocycles. The van der Waals surface area contributed by atoms with Crippen LogP contribution in [0.1, 0.15) is 35.9 Å². The Hall–Kier alpha value is -2.38. The van der Waals surface area contributed by atoms with Crippen molar-refractivity contribution in [2.24, 2.45) is 0 Å². The van der Waals surface area contributed by atoms with E-state index in [0.29, 0.717) is 11.4 Å². The normalized spacial score (nSPS) is 17.9. The van der Waals surface area contributed by atoms with Gasteiger partial charge in [-0.15, -0.1) is 0 Å². The minimum Gasteiger partial charge on any atom is -0.362 e. The summed E-state index contributed by atoms with van der Waals surface area (Å²) in [6.45, 7) is 1.87. The Balaban J connectivity index is 1.66. The highest BCUT2D eigenvalue weighted by Gasteiger charge is 2.31. The Morgan fingerprint density at radius 1 is 1.07 bits per heavy atom. The number of nitrogens with one attached hydrogen (secondary N) is 1. The number of halogens is 3. The number of aromatic amines is 1. The number of aromatic nitrogens is 2. The van der Waals surface area contributed by atoms with Gasteiger partial charge in [-0.05, 0) is 49.7 Å². The topological polar surface area (TPSA) is 41.1 Å². The van der Waals surface area contributed by atoms with Gasteiger partial charge in [0, 0.05) is 13.1 Å². The van der Waals surface area contributed by atoms with Gasteiger partial charge in [-0.2, -0.15) is 13.2 Å². The van der Waals surface area contributed by atoms with Gasteiger partial charge < -0.3 is 14.6 Å². The van der Waals surface area contributed by atoms with E-state index >= 15 is 0 Å². The first kappa shape index (κ1) is 19.0. The standard InChI is InChI=1S/C21H22F3N3O/c1-27-12-10-16(11-13-27)28-19(14-6-8-15(9-7-14)21(22,23)24)20-25-17-4-2-3-5-18(17)26-20/h2-9,16,19H,10-13H2,1H3,(H,25,26). The van der Waals surface area contributed by atoms with Crippen molar-refractivity contribution >= 4 is 11.0 Å². The van der Waals surface area contributed by atoms with Gasteiger partial charge in [0.25, 0.3) is 0 Å². The van der Waals surface area contributed by atoms with Gasteiger partial charge in [0.2, 0.25) is 0 Å². The number of imidazole rings is 1. The molecule has 3 aromatic rings. The molecule has 28 heavy (non-hydrogen) atoms. The van der Waals surface area contributed by atoms with Crippen LogP contribution in [0.3, 0.4) is 0 Å². The summed E-state index contributed by atoms with van der Waals surface area (Å²) in [6.07, 6.45) is -3.09. The highest BCUT2D eigenvalue weighted by atomic mass is 19.4. The number of H-pyrrole nitrogens is 1. The molecule has 1 N–H and O–H groups in total. The Morgan fingerprint density at radius 3 is 2.39 bits per heavy atom. The Bertz CT molecular complexity index is 895. The predicted octanol–water partition coefficient (Wildman–Crippen LogP) is 4.78. The van der Waals surface area contributed by atoms with Crippen LogP contribution in [-0.2, 0) is 10.9 Å². The van der Waals surface area contributed by atoms with Crippen molar-refractivity contribution in [2.75, 3.05) is 20.1 Å². The van der Waals surface area contributed by atoms with E-state index in [1.807, 2.05) is 24.3 Å². The van der Waals surface area contributed by atoms with Crippen LogP contribution in [0.15, 0.2) is 48.5 Å². The number of para-hydroxylation sites is 2. The van der Waals surface area contributed by atoms with Gasteiger partial charge in [-0.1, -0.05) is 24.3 Å². The zero-order valence-electron chi connectivity index (χ0n) is 15.5. The average molecular weight is 389 g/mol. The minimum atomic E-state index is -4.36. The monoisotopic (exact) mass is 389 g/mol. The van der Waals surface area contributed by atoms with Crippen molar-refractivity contribution < 1.29 is 17.9 Å². The van der Waals surface area contributed by atoms with Gasteiger partial charge in [-0.25, -0.2) is 4.98 Å². The molecule has 1 aliphatic heterocycles. The third-order valence-electron chi connectivity index (χ3n) is 5.19. The number of hydrogen-bond acceptors (Lipinski definition) is 3. The number of nitrogens with zero attached hydrogens (tertiary/aromatic N) is 2. The molecule has 4 rings (SSSR count). The van der Waals surface area contributed by atoms with Crippen LogP contribution in [0, 0.1) is 0 Å². The molecule has 0 amide bonds. The number of alkyl halides is 3. The highest BCUT2D eigenvalue weighted by Crippen LogP contribution is 2.33. The van der Waals surface area contributed by atoms with E-state index in [0.717, 1.165) is 49.1 Å². The molecular formula is C21H22F3N3O. The number of piperidine rings is 1. The molecule has 0 aliphatic carbocycles. The quantitative estimate of drug-likeness (QED) is 0.698. The maximum atomic E-state index is 12.9.